The molecule has 3 aromatic rings. The fourth-order valence-electron chi connectivity index (χ4n) is 3.64. The van der Waals surface area contributed by atoms with Crippen molar-refractivity contribution in [2.75, 3.05) is 13.2 Å². The van der Waals surface area contributed by atoms with Crippen LogP contribution in [0.1, 0.15) is 56.0 Å². The molecule has 192 valence electrons. The van der Waals surface area contributed by atoms with Crippen LogP contribution in [-0.2, 0) is 15.7 Å². The standard InChI is InChI=1S/C28H30F3NO4/c1-4-6-10-26(36-22-15-16-25(19(3)17-22)35-18-27(33)34-5-2)24-9-7-8-23(32-24)20-11-13-21(14-12-20)28(29,30)31/h7-9,11-17,26H,4-6,10,18H2,1-3H3/t26-/m0/s1. The quantitative estimate of drug-likeness (QED) is 0.258. The van der Waals surface area contributed by atoms with Crippen molar-refractivity contribution in [1.29, 1.82) is 0 Å². The molecule has 8 heteroatoms. The van der Waals surface area contributed by atoms with Crippen LogP contribution >= 0.6 is 0 Å². The van der Waals surface area contributed by atoms with E-state index in [9.17, 15) is 18.0 Å². The van der Waals surface area contributed by atoms with Crippen LogP contribution in [0.2, 0.25) is 0 Å². The summed E-state index contributed by atoms with van der Waals surface area (Å²) in [6.45, 7) is 5.80. The molecule has 0 fully saturated rings. The average molecular weight is 502 g/mol. The summed E-state index contributed by atoms with van der Waals surface area (Å²) < 4.78 is 55.5. The molecule has 1 aromatic heterocycles. The van der Waals surface area contributed by atoms with Gasteiger partial charge in [-0.2, -0.15) is 13.2 Å². The molecule has 0 radical (unpaired) electrons. The SMILES string of the molecule is CCCC[C@H](Oc1ccc(OCC(=O)OCC)c(C)c1)c1cccc(-c2ccc(C(F)(F)F)cc2)n1. The third-order valence-electron chi connectivity index (χ3n) is 5.50. The Hall–Kier alpha value is -3.55. The lowest BCUT2D eigenvalue weighted by atomic mass is 10.1. The van der Waals surface area contributed by atoms with Crippen molar-refractivity contribution in [3.63, 3.8) is 0 Å². The minimum absolute atomic E-state index is 0.172. The topological polar surface area (TPSA) is 57.7 Å². The molecule has 5 nitrogen and oxygen atoms in total. The number of ether oxygens (including phenoxy) is 3. The summed E-state index contributed by atoms with van der Waals surface area (Å²) in [7, 11) is 0. The number of rotatable bonds is 11. The highest BCUT2D eigenvalue weighted by molar-refractivity contribution is 5.71. The van der Waals surface area contributed by atoms with E-state index in [1.807, 2.05) is 25.1 Å². The van der Waals surface area contributed by atoms with Crippen molar-refractivity contribution >= 4 is 5.97 Å². The fourth-order valence-corrected chi connectivity index (χ4v) is 3.64. The van der Waals surface area contributed by atoms with Crippen LogP contribution in [0.25, 0.3) is 11.3 Å². The molecular formula is C28H30F3NO4. The molecule has 0 saturated heterocycles. The average Bonchev–Trinajstić information content (AvgIpc) is 2.86. The second-order valence-electron chi connectivity index (χ2n) is 8.29. The lowest BCUT2D eigenvalue weighted by Crippen LogP contribution is -2.15. The second kappa shape index (κ2) is 12.4. The van der Waals surface area contributed by atoms with Crippen LogP contribution in [-0.4, -0.2) is 24.2 Å². The molecule has 0 N–H and O–H groups in total. The molecule has 0 amide bonds. The molecule has 0 aliphatic rings. The Bertz CT molecular complexity index is 1150. The Kier molecular flexibility index (Phi) is 9.33. The highest BCUT2D eigenvalue weighted by atomic mass is 19.4. The van der Waals surface area contributed by atoms with Crippen molar-refractivity contribution in [3.8, 4) is 22.8 Å². The Balaban J connectivity index is 1.78. The Morgan fingerprint density at radius 2 is 1.78 bits per heavy atom. The van der Waals surface area contributed by atoms with E-state index in [-0.39, 0.29) is 12.7 Å². The molecule has 0 saturated carbocycles. The predicted octanol–water partition coefficient (Wildman–Crippen LogP) is 7.33. The van der Waals surface area contributed by atoms with Gasteiger partial charge in [0, 0.05) is 5.56 Å². The van der Waals surface area contributed by atoms with E-state index >= 15 is 0 Å². The van der Waals surface area contributed by atoms with Gasteiger partial charge in [-0.25, -0.2) is 9.78 Å². The van der Waals surface area contributed by atoms with Crippen LogP contribution in [0, 0.1) is 6.92 Å². The number of aromatic nitrogens is 1. The highest BCUT2D eigenvalue weighted by Crippen LogP contribution is 2.32. The number of carbonyl (C=O) groups is 1. The van der Waals surface area contributed by atoms with Gasteiger partial charge in [0.15, 0.2) is 6.61 Å². The Morgan fingerprint density at radius 1 is 1.03 bits per heavy atom. The van der Waals surface area contributed by atoms with E-state index in [4.69, 9.17) is 19.2 Å². The van der Waals surface area contributed by atoms with Gasteiger partial charge in [-0.15, -0.1) is 0 Å². The molecule has 36 heavy (non-hydrogen) atoms. The molecular weight excluding hydrogens is 471 g/mol. The molecule has 3 rings (SSSR count). The van der Waals surface area contributed by atoms with E-state index in [1.165, 1.54) is 12.1 Å². The zero-order valence-electron chi connectivity index (χ0n) is 20.6. The zero-order chi connectivity index (χ0) is 26.1. The van der Waals surface area contributed by atoms with Gasteiger partial charge in [-0.3, -0.25) is 0 Å². The lowest BCUT2D eigenvalue weighted by molar-refractivity contribution is -0.145. The van der Waals surface area contributed by atoms with Crippen molar-refractivity contribution in [1.82, 2.24) is 4.98 Å². The molecule has 1 heterocycles. The smallest absolute Gasteiger partial charge is 0.416 e. The number of pyridine rings is 1. The number of halogens is 3. The van der Waals surface area contributed by atoms with Crippen LogP contribution in [0.15, 0.2) is 60.7 Å². The second-order valence-corrected chi connectivity index (χ2v) is 8.29. The van der Waals surface area contributed by atoms with Gasteiger partial charge in [0.1, 0.15) is 17.6 Å². The first-order valence-corrected chi connectivity index (χ1v) is 11.9. The van der Waals surface area contributed by atoms with Crippen molar-refractivity contribution in [2.24, 2.45) is 0 Å². The third-order valence-corrected chi connectivity index (χ3v) is 5.50. The van der Waals surface area contributed by atoms with Crippen molar-refractivity contribution in [3.05, 3.63) is 77.5 Å². The van der Waals surface area contributed by atoms with E-state index in [0.717, 1.165) is 37.0 Å². The number of benzene rings is 2. The van der Waals surface area contributed by atoms with E-state index in [0.29, 0.717) is 35.1 Å². The summed E-state index contributed by atoms with van der Waals surface area (Å²) in [5, 5.41) is 0. The molecule has 1 atom stereocenters. The Labute approximate surface area is 209 Å². The molecule has 0 aliphatic carbocycles. The van der Waals surface area contributed by atoms with Crippen molar-refractivity contribution < 1.29 is 32.2 Å². The Morgan fingerprint density at radius 3 is 2.42 bits per heavy atom. The summed E-state index contributed by atoms with van der Waals surface area (Å²) >= 11 is 0. The maximum atomic E-state index is 12.9. The molecule has 2 aromatic carbocycles. The first-order valence-electron chi connectivity index (χ1n) is 11.9. The molecule has 0 spiro atoms. The van der Waals surface area contributed by atoms with Crippen LogP contribution in [0.5, 0.6) is 11.5 Å². The minimum atomic E-state index is -4.38. The first-order chi connectivity index (χ1) is 17.2. The van der Waals surface area contributed by atoms with Gasteiger partial charge >= 0.3 is 12.1 Å². The number of hydrogen-bond donors (Lipinski definition) is 0. The van der Waals surface area contributed by atoms with Gasteiger partial charge in [0.2, 0.25) is 0 Å². The van der Waals surface area contributed by atoms with E-state index in [1.54, 1.807) is 25.1 Å². The fraction of sp³-hybridized carbons (Fsp3) is 0.357. The van der Waals surface area contributed by atoms with Gasteiger partial charge in [-0.05, 0) is 74.7 Å². The number of aryl methyl sites for hydroxylation is 1. The summed E-state index contributed by atoms with van der Waals surface area (Å²) in [6.07, 6.45) is -2.12. The van der Waals surface area contributed by atoms with Gasteiger partial charge in [-0.1, -0.05) is 31.5 Å². The van der Waals surface area contributed by atoms with Crippen LogP contribution < -0.4 is 9.47 Å². The number of unbranched alkanes of at least 4 members (excludes halogenated alkanes) is 1. The minimum Gasteiger partial charge on any atom is -0.484 e. The number of carbonyl (C=O) groups excluding carboxylic acids is 1. The highest BCUT2D eigenvalue weighted by Gasteiger charge is 2.30. The van der Waals surface area contributed by atoms with Crippen LogP contribution in [0.3, 0.4) is 0 Å². The number of esters is 1. The monoisotopic (exact) mass is 501 g/mol. The van der Waals surface area contributed by atoms with E-state index < -0.39 is 17.7 Å². The maximum Gasteiger partial charge on any atom is 0.416 e. The number of hydrogen-bond acceptors (Lipinski definition) is 5. The number of nitrogens with zero attached hydrogens (tertiary/aromatic N) is 1. The van der Waals surface area contributed by atoms with Crippen LogP contribution in [0.4, 0.5) is 13.2 Å². The summed E-state index contributed by atoms with van der Waals surface area (Å²) in [5.74, 6) is 0.748. The zero-order valence-corrected chi connectivity index (χ0v) is 20.6. The normalized spacial score (nSPS) is 12.2. The summed E-state index contributed by atoms with van der Waals surface area (Å²) in [6, 6.07) is 15.8. The van der Waals surface area contributed by atoms with Gasteiger partial charge in [0.25, 0.3) is 0 Å². The first kappa shape index (κ1) is 27.0. The molecule has 0 unspecified atom stereocenters. The summed E-state index contributed by atoms with van der Waals surface area (Å²) in [5.41, 5.74) is 1.97. The predicted molar refractivity (Wildman–Crippen MR) is 131 cm³/mol. The van der Waals surface area contributed by atoms with Crippen molar-refractivity contribution in [2.45, 2.75) is 52.3 Å². The maximum absolute atomic E-state index is 12.9. The van der Waals surface area contributed by atoms with Gasteiger partial charge in [0.05, 0.1) is 23.6 Å². The lowest BCUT2D eigenvalue weighted by Gasteiger charge is -2.20. The summed E-state index contributed by atoms with van der Waals surface area (Å²) in [4.78, 5) is 16.3. The largest absolute Gasteiger partial charge is 0.484 e. The number of alkyl halides is 3. The third kappa shape index (κ3) is 7.47. The van der Waals surface area contributed by atoms with Gasteiger partial charge < -0.3 is 14.2 Å². The molecule has 0 bridgehead atoms. The molecule has 0 aliphatic heterocycles. The van der Waals surface area contributed by atoms with E-state index in [2.05, 4.69) is 6.92 Å².